The second-order valence-electron chi connectivity index (χ2n) is 30.4. The molecule has 24 nitrogen and oxygen atoms in total. The van der Waals surface area contributed by atoms with Crippen LogP contribution in [0.1, 0.15) is 69.2 Å². The first kappa shape index (κ1) is 85.7. The van der Waals surface area contributed by atoms with E-state index in [0.29, 0.717) is 113 Å². The van der Waals surface area contributed by atoms with Crippen molar-refractivity contribution >= 4 is 135 Å². The number of para-hydroxylation sites is 2. The third kappa shape index (κ3) is 17.0. The first-order valence-corrected chi connectivity index (χ1v) is 41.2. The first-order valence-electron chi connectivity index (χ1n) is 41.2. The molecule has 2 aliphatic carbocycles. The number of hydrogen-bond acceptors (Lipinski definition) is 22. The number of halogens is 2. The molecule has 0 fully saturated rings. The van der Waals surface area contributed by atoms with Crippen molar-refractivity contribution in [2.75, 3.05) is 83.7 Å². The second kappa shape index (κ2) is 37.4. The molecule has 1 N–H and O–H groups in total. The lowest BCUT2D eigenvalue weighted by Crippen LogP contribution is -2.27. The largest absolute Gasteiger partial charge is 0.497 e. The molecular weight excluding hydrogens is 1650 g/mol. The molecule has 16 aromatic rings. The Hall–Kier alpha value is -16.4. The zero-order chi connectivity index (χ0) is 90.4. The van der Waals surface area contributed by atoms with Crippen LogP contribution in [0.15, 0.2) is 332 Å². The number of amides is 2. The number of hydroxylamine groups is 2. The van der Waals surface area contributed by atoms with Crippen molar-refractivity contribution in [1.29, 1.82) is 0 Å². The van der Waals surface area contributed by atoms with Gasteiger partial charge in [-0.1, -0.05) is 164 Å². The highest BCUT2D eigenvalue weighted by Crippen LogP contribution is 2.49. The summed E-state index contributed by atoms with van der Waals surface area (Å²) in [6.07, 6.45) is 0. The topological polar surface area (TPSA) is 265 Å². The summed E-state index contributed by atoms with van der Waals surface area (Å²) in [7, 11) is 14.3. The number of benzene rings is 16. The number of ketones is 2. The van der Waals surface area contributed by atoms with Gasteiger partial charge in [0.25, 0.3) is 11.8 Å². The van der Waals surface area contributed by atoms with E-state index in [1.807, 2.05) is 182 Å². The smallest absolute Gasteiger partial charge is 0.261 e. The van der Waals surface area contributed by atoms with Crippen molar-refractivity contribution in [3.63, 3.8) is 0 Å². The van der Waals surface area contributed by atoms with E-state index in [1.165, 1.54) is 61.4 Å². The molecule has 2 amide bonds. The van der Waals surface area contributed by atoms with Crippen LogP contribution in [-0.2, 0) is 29.5 Å². The van der Waals surface area contributed by atoms with Crippen molar-refractivity contribution in [2.24, 2.45) is 40.9 Å². The van der Waals surface area contributed by atoms with E-state index in [4.69, 9.17) is 38.5 Å². The van der Waals surface area contributed by atoms with E-state index in [9.17, 15) is 33.1 Å². The number of methoxy groups -OCH3 is 5. The van der Waals surface area contributed by atoms with Crippen molar-refractivity contribution in [1.82, 2.24) is 0 Å². The lowest BCUT2D eigenvalue weighted by molar-refractivity contribution is 0.0982. The Morgan fingerprint density at radius 2 is 0.677 bits per heavy atom. The second-order valence-corrected chi connectivity index (χ2v) is 30.4. The van der Waals surface area contributed by atoms with Crippen LogP contribution in [-0.4, -0.2) is 92.2 Å². The molecule has 644 valence electrons. The third-order valence-corrected chi connectivity index (χ3v) is 22.7. The Labute approximate surface area is 745 Å². The lowest BCUT2D eigenvalue weighted by Gasteiger charge is -2.21. The molecule has 0 saturated heterocycles. The number of carbonyl (C=O) groups excluding carboxylic acids is 4. The van der Waals surface area contributed by atoms with Crippen molar-refractivity contribution in [3.05, 3.63) is 353 Å². The zero-order valence-electron chi connectivity index (χ0n) is 71.9. The van der Waals surface area contributed by atoms with Gasteiger partial charge in [-0.15, -0.1) is 20.5 Å². The summed E-state index contributed by atoms with van der Waals surface area (Å²) in [6, 6.07) is 86.3. The molecule has 0 unspecified atom stereocenters. The summed E-state index contributed by atoms with van der Waals surface area (Å²) in [5.74, 6) is -0.158. The molecule has 0 radical (unpaired) electrons. The number of carbonyl (C=O) groups is 4. The molecule has 0 bridgehead atoms. The van der Waals surface area contributed by atoms with E-state index in [2.05, 4.69) is 35.8 Å². The molecule has 130 heavy (non-hydrogen) atoms. The van der Waals surface area contributed by atoms with E-state index in [0.717, 1.165) is 71.4 Å². The number of rotatable bonds is 26. The van der Waals surface area contributed by atoms with Crippen LogP contribution in [0.25, 0.3) is 65.3 Å². The van der Waals surface area contributed by atoms with Gasteiger partial charge < -0.3 is 38.6 Å². The summed E-state index contributed by atoms with van der Waals surface area (Å²) in [5, 5.41) is 55.9. The molecule has 0 aromatic heterocycles. The normalized spacial score (nSPS) is 12.0. The van der Waals surface area contributed by atoms with Gasteiger partial charge in [0, 0.05) is 94.9 Å². The Morgan fingerprint density at radius 3 is 1.08 bits per heavy atom. The van der Waals surface area contributed by atoms with Crippen LogP contribution in [0.4, 0.5) is 77.0 Å². The average Bonchev–Trinajstić information content (AvgIpc) is 1.64. The Morgan fingerprint density at radius 1 is 0.323 bits per heavy atom. The first-order chi connectivity index (χ1) is 63.3. The van der Waals surface area contributed by atoms with Gasteiger partial charge in [-0.3, -0.25) is 39.0 Å². The maximum absolute atomic E-state index is 14.7. The zero-order valence-corrected chi connectivity index (χ0v) is 71.9. The van der Waals surface area contributed by atoms with Crippen molar-refractivity contribution in [3.8, 4) is 51.0 Å². The fourth-order valence-corrected chi connectivity index (χ4v) is 16.1. The van der Waals surface area contributed by atoms with Gasteiger partial charge in [0.2, 0.25) is 0 Å². The maximum atomic E-state index is 14.7. The van der Waals surface area contributed by atoms with E-state index < -0.39 is 17.5 Å². The molecule has 0 spiro atoms. The lowest BCUT2D eigenvalue weighted by atomic mass is 10.0. The molecule has 26 heteroatoms. The SMILES string of the molecule is COc1c(CON(C)c2ccccc2F)cc2ccccc2c1N=Nc1ccc2c(c1)C(=O)c1cc(N=Nc3c(OC)c(C(=O)N(C)c4ccccc4F)cc4ccccc34)ccc1-2.COc1cccc(N(C)C(=O)c2cc3ccccc3c(N=Nc3ccc4c(c3)C(=O)c3cc(N=Nc5c(OC)c(CON(C)c6cccc(CO)c6)cc6ccccc56)ccc3-4)c2OC)c1. The monoisotopic (exact) mass is 1730 g/mol. The van der Waals surface area contributed by atoms with Crippen LogP contribution in [0.2, 0.25) is 0 Å². The molecular formula is C104H82F2N12O12. The number of anilines is 4. The van der Waals surface area contributed by atoms with Gasteiger partial charge in [-0.05, 0) is 171 Å². The molecule has 0 atom stereocenters. The minimum Gasteiger partial charge on any atom is -0.497 e. The minimum absolute atomic E-state index is 0.0549. The van der Waals surface area contributed by atoms with Gasteiger partial charge >= 0.3 is 0 Å². The van der Waals surface area contributed by atoms with Crippen molar-refractivity contribution < 1.29 is 66.4 Å². The molecule has 0 saturated carbocycles. The average molecular weight is 1730 g/mol. The summed E-state index contributed by atoms with van der Waals surface area (Å²) in [4.78, 5) is 70.9. The number of nitrogens with zero attached hydrogens (tertiary/aromatic N) is 12. The highest BCUT2D eigenvalue weighted by atomic mass is 19.1. The van der Waals surface area contributed by atoms with Crippen LogP contribution >= 0.6 is 0 Å². The number of azo groups is 4. The fraction of sp³-hybridized carbons (Fsp3) is 0.115. The fourth-order valence-electron chi connectivity index (χ4n) is 16.1. The minimum atomic E-state index is -0.543. The van der Waals surface area contributed by atoms with Crippen LogP contribution < -0.4 is 43.6 Å². The van der Waals surface area contributed by atoms with E-state index >= 15 is 0 Å². The van der Waals surface area contributed by atoms with Crippen LogP contribution in [0.3, 0.4) is 0 Å². The summed E-state index contributed by atoms with van der Waals surface area (Å²) >= 11 is 0. The molecule has 0 aliphatic heterocycles. The standard InChI is InChI=1S/C53H44N6O7.C51H38F2N6O5/c1-58(38-15-11-17-40(29-38)63-3)53(62)47-26-34-14-7-9-19-42(34)49(52(47)65-5)57-55-37-21-23-44-43-22-20-36(27-45(43)50(61)46(44)28-37)54-56-48-41-18-8-6-13-33(41)25-35(51(48)64-4)31-66-59(2)39-16-10-12-32(24-39)30-60;1-58(44-19-11-9-17-42(44)52)51(61)41-26-31-14-6-8-16-36(31)47(50(41)63-4)57-55-34-22-24-38-37-23-21-33(27-39(37)48(60)40(38)28-34)54-56-46-35-15-7-5-13-30(35)25-32(49(46)62-3)29-64-59(2)45-20-12-10-18-43(45)53/h6-29,60H,30-31H2,1-5H3;5-28H,29H2,1-4H3. The van der Waals surface area contributed by atoms with Crippen molar-refractivity contribution in [2.45, 2.75) is 19.8 Å². The summed E-state index contributed by atoms with van der Waals surface area (Å²) in [6.45, 7) is 0.151. The molecule has 18 rings (SSSR count). The molecule has 0 heterocycles. The van der Waals surface area contributed by atoms with E-state index in [1.54, 1.807) is 131 Å². The highest BCUT2D eigenvalue weighted by Gasteiger charge is 2.32. The number of aliphatic hydroxyl groups excluding tert-OH is 1. The highest BCUT2D eigenvalue weighted by molar-refractivity contribution is 6.24. The van der Waals surface area contributed by atoms with Gasteiger partial charge in [0.15, 0.2) is 34.6 Å². The number of hydrogen-bond donors (Lipinski definition) is 1. The third-order valence-electron chi connectivity index (χ3n) is 22.7. The Bertz CT molecular complexity index is 7350. The van der Waals surface area contributed by atoms with Gasteiger partial charge in [-0.25, -0.2) is 8.78 Å². The van der Waals surface area contributed by atoms with E-state index in [-0.39, 0.29) is 65.7 Å². The van der Waals surface area contributed by atoms with Crippen LogP contribution in [0.5, 0.6) is 28.7 Å². The number of ether oxygens (including phenoxy) is 5. The van der Waals surface area contributed by atoms with Crippen LogP contribution in [0, 0.1) is 11.6 Å². The predicted molar refractivity (Wildman–Crippen MR) is 499 cm³/mol. The quantitative estimate of drug-likeness (QED) is 0.0390. The Balaban J connectivity index is 0.000000182. The summed E-state index contributed by atoms with van der Waals surface area (Å²) < 4.78 is 58.1. The Kier molecular flexibility index (Phi) is 24.7. The van der Waals surface area contributed by atoms with Gasteiger partial charge in [0.1, 0.15) is 53.3 Å². The van der Waals surface area contributed by atoms with Gasteiger partial charge in [0.05, 0.1) is 93.1 Å². The number of aliphatic hydroxyl groups is 1. The van der Waals surface area contributed by atoms with Gasteiger partial charge in [-0.2, -0.15) is 20.5 Å². The summed E-state index contributed by atoms with van der Waals surface area (Å²) in [5.41, 5.74) is 12.8. The maximum Gasteiger partial charge on any atom is 0.261 e. The number of fused-ring (bicyclic) bond motifs is 10. The predicted octanol–water partition coefficient (Wildman–Crippen LogP) is 25.6. The molecule has 2 aliphatic rings. The molecule has 16 aromatic carbocycles.